The van der Waals surface area contributed by atoms with Crippen molar-refractivity contribution in [1.82, 2.24) is 0 Å². The zero-order valence-corrected chi connectivity index (χ0v) is 8.97. The Morgan fingerprint density at radius 1 is 1.47 bits per heavy atom. The lowest BCUT2D eigenvalue weighted by Gasteiger charge is -2.03. The van der Waals surface area contributed by atoms with Crippen molar-refractivity contribution in [3.63, 3.8) is 0 Å². The lowest BCUT2D eigenvalue weighted by Crippen LogP contribution is -1.95. The van der Waals surface area contributed by atoms with Crippen LogP contribution in [-0.2, 0) is 0 Å². The van der Waals surface area contributed by atoms with Gasteiger partial charge in [0.2, 0.25) is 0 Å². The highest BCUT2D eigenvalue weighted by atomic mass is 16.5. The molecule has 1 aromatic rings. The number of aliphatic hydroxyl groups is 1. The van der Waals surface area contributed by atoms with Crippen LogP contribution < -0.4 is 4.74 Å². The molecule has 15 heavy (non-hydrogen) atoms. The molecule has 1 aromatic carbocycles. The summed E-state index contributed by atoms with van der Waals surface area (Å²) in [6.07, 6.45) is 3.79. The Kier molecular flexibility index (Phi) is 4.18. The monoisotopic (exact) mass is 208 g/mol. The van der Waals surface area contributed by atoms with Gasteiger partial charge in [0.05, 0.1) is 13.2 Å². The number of aliphatic hydroxyl groups excluding tert-OH is 1. The van der Waals surface area contributed by atoms with Crippen LogP contribution in [0.15, 0.2) is 24.3 Å². The van der Waals surface area contributed by atoms with Crippen molar-refractivity contribution in [1.29, 1.82) is 0 Å². The summed E-state index contributed by atoms with van der Waals surface area (Å²) in [7, 11) is 1.58. The first-order valence-electron chi connectivity index (χ1n) is 4.85. The van der Waals surface area contributed by atoms with Crippen LogP contribution in [0.3, 0.4) is 0 Å². The molecule has 0 aromatic heterocycles. The van der Waals surface area contributed by atoms with Crippen molar-refractivity contribution in [2.24, 2.45) is 0 Å². The summed E-state index contributed by atoms with van der Waals surface area (Å²) in [6, 6.07) is 5.02. The highest BCUT2D eigenvalue weighted by Gasteiger charge is 1.99. The zero-order chi connectivity index (χ0) is 11.3. The maximum atomic E-state index is 9.53. The Morgan fingerprint density at radius 3 is 2.80 bits per heavy atom. The zero-order valence-electron chi connectivity index (χ0n) is 8.97. The Bertz CT molecular complexity index is 343. The van der Waals surface area contributed by atoms with Crippen molar-refractivity contribution in [3.05, 3.63) is 29.8 Å². The van der Waals surface area contributed by atoms with Crippen LogP contribution in [0.4, 0.5) is 0 Å². The van der Waals surface area contributed by atoms with E-state index in [4.69, 9.17) is 9.84 Å². The molecule has 82 valence electrons. The van der Waals surface area contributed by atoms with Gasteiger partial charge in [0.15, 0.2) is 0 Å². The number of rotatable bonds is 4. The standard InChI is InChI=1S/C12H16O3/c1-9(13)4-3-5-10-8-11(15-2)6-7-12(10)14/h3,5-9,13-14H,4H2,1-2H3. The molecular formula is C12H16O3. The number of hydrogen-bond donors (Lipinski definition) is 2. The molecule has 0 bridgehead atoms. The smallest absolute Gasteiger partial charge is 0.123 e. The lowest BCUT2D eigenvalue weighted by molar-refractivity contribution is 0.198. The van der Waals surface area contributed by atoms with Gasteiger partial charge in [-0.15, -0.1) is 0 Å². The molecule has 0 saturated heterocycles. The van der Waals surface area contributed by atoms with E-state index in [2.05, 4.69) is 0 Å². The van der Waals surface area contributed by atoms with Crippen LogP contribution in [0.5, 0.6) is 11.5 Å². The minimum Gasteiger partial charge on any atom is -0.507 e. The summed E-state index contributed by atoms with van der Waals surface area (Å²) >= 11 is 0. The maximum absolute atomic E-state index is 9.53. The minimum absolute atomic E-state index is 0.206. The van der Waals surface area contributed by atoms with E-state index in [0.29, 0.717) is 17.7 Å². The van der Waals surface area contributed by atoms with Gasteiger partial charge >= 0.3 is 0 Å². The van der Waals surface area contributed by atoms with Gasteiger partial charge in [-0.05, 0) is 31.5 Å². The number of hydrogen-bond acceptors (Lipinski definition) is 3. The second kappa shape index (κ2) is 5.41. The molecule has 2 N–H and O–H groups in total. The molecule has 0 saturated carbocycles. The summed E-state index contributed by atoms with van der Waals surface area (Å²) in [5.74, 6) is 0.905. The Hall–Kier alpha value is -1.48. The molecule has 0 aliphatic carbocycles. The van der Waals surface area contributed by atoms with E-state index >= 15 is 0 Å². The topological polar surface area (TPSA) is 49.7 Å². The van der Waals surface area contributed by atoms with E-state index in [1.165, 1.54) is 0 Å². The molecule has 0 fully saturated rings. The second-order valence-corrected chi connectivity index (χ2v) is 3.41. The fourth-order valence-corrected chi connectivity index (χ4v) is 1.19. The highest BCUT2D eigenvalue weighted by molar-refractivity contribution is 5.59. The largest absolute Gasteiger partial charge is 0.507 e. The maximum Gasteiger partial charge on any atom is 0.123 e. The number of aromatic hydroxyl groups is 1. The van der Waals surface area contributed by atoms with Crippen LogP contribution in [0, 0.1) is 0 Å². The van der Waals surface area contributed by atoms with Gasteiger partial charge in [0, 0.05) is 5.56 Å². The van der Waals surface area contributed by atoms with Crippen LogP contribution in [0.2, 0.25) is 0 Å². The van der Waals surface area contributed by atoms with Gasteiger partial charge in [-0.3, -0.25) is 0 Å². The summed E-state index contributed by atoms with van der Waals surface area (Å²) in [4.78, 5) is 0. The average Bonchev–Trinajstić information content (AvgIpc) is 2.20. The summed E-state index contributed by atoms with van der Waals surface area (Å²) in [5.41, 5.74) is 0.690. The lowest BCUT2D eigenvalue weighted by atomic mass is 10.1. The SMILES string of the molecule is COc1ccc(O)c(C=CCC(C)O)c1. The molecule has 1 atom stereocenters. The van der Waals surface area contributed by atoms with Crippen LogP contribution in [0.1, 0.15) is 18.9 Å². The van der Waals surface area contributed by atoms with Crippen LogP contribution >= 0.6 is 0 Å². The molecule has 0 aliphatic rings. The van der Waals surface area contributed by atoms with Gasteiger partial charge in [0.25, 0.3) is 0 Å². The third kappa shape index (κ3) is 3.64. The second-order valence-electron chi connectivity index (χ2n) is 3.41. The van der Waals surface area contributed by atoms with E-state index < -0.39 is 0 Å². The predicted octanol–water partition coefficient (Wildman–Crippen LogP) is 2.18. The van der Waals surface area contributed by atoms with Crippen molar-refractivity contribution in [2.45, 2.75) is 19.4 Å². The van der Waals surface area contributed by atoms with Gasteiger partial charge < -0.3 is 14.9 Å². The third-order valence-electron chi connectivity index (χ3n) is 2.01. The van der Waals surface area contributed by atoms with Gasteiger partial charge in [-0.2, -0.15) is 0 Å². The number of phenolic OH excluding ortho intramolecular Hbond substituents is 1. The van der Waals surface area contributed by atoms with E-state index in [9.17, 15) is 5.11 Å². The average molecular weight is 208 g/mol. The van der Waals surface area contributed by atoms with Crippen LogP contribution in [-0.4, -0.2) is 23.4 Å². The first-order valence-corrected chi connectivity index (χ1v) is 4.85. The summed E-state index contributed by atoms with van der Waals surface area (Å²) < 4.78 is 5.04. The molecular weight excluding hydrogens is 192 g/mol. The van der Waals surface area contributed by atoms with Crippen molar-refractivity contribution < 1.29 is 14.9 Å². The van der Waals surface area contributed by atoms with Crippen molar-refractivity contribution in [3.8, 4) is 11.5 Å². The molecule has 1 unspecified atom stereocenters. The fraction of sp³-hybridized carbons (Fsp3) is 0.333. The Morgan fingerprint density at radius 2 is 2.20 bits per heavy atom. The Balaban J connectivity index is 2.79. The van der Waals surface area contributed by atoms with E-state index in [1.807, 2.05) is 6.08 Å². The number of phenols is 1. The molecule has 1 rings (SSSR count). The summed E-state index contributed by atoms with van der Waals surface area (Å²) in [6.45, 7) is 1.72. The molecule has 3 heteroatoms. The predicted molar refractivity (Wildman–Crippen MR) is 60.0 cm³/mol. The first kappa shape index (κ1) is 11.6. The molecule has 0 radical (unpaired) electrons. The van der Waals surface area contributed by atoms with Crippen LogP contribution in [0.25, 0.3) is 6.08 Å². The summed E-state index contributed by atoms with van der Waals surface area (Å²) in [5, 5.41) is 18.6. The Labute approximate surface area is 89.6 Å². The number of methoxy groups -OCH3 is 1. The highest BCUT2D eigenvalue weighted by Crippen LogP contribution is 2.24. The number of ether oxygens (including phenoxy) is 1. The minimum atomic E-state index is -0.367. The fourth-order valence-electron chi connectivity index (χ4n) is 1.19. The number of benzene rings is 1. The first-order chi connectivity index (χ1) is 7.13. The van der Waals surface area contributed by atoms with Gasteiger partial charge in [-0.25, -0.2) is 0 Å². The quantitative estimate of drug-likeness (QED) is 0.797. The third-order valence-corrected chi connectivity index (χ3v) is 2.01. The van der Waals surface area contributed by atoms with Gasteiger partial charge in [-0.1, -0.05) is 12.2 Å². The molecule has 0 aliphatic heterocycles. The van der Waals surface area contributed by atoms with Crippen molar-refractivity contribution in [2.75, 3.05) is 7.11 Å². The normalized spacial score (nSPS) is 13.0. The van der Waals surface area contributed by atoms with E-state index in [0.717, 1.165) is 0 Å². The van der Waals surface area contributed by atoms with Crippen molar-refractivity contribution >= 4 is 6.08 Å². The molecule has 0 spiro atoms. The van der Waals surface area contributed by atoms with E-state index in [1.54, 1.807) is 38.3 Å². The molecule has 0 amide bonds. The van der Waals surface area contributed by atoms with Gasteiger partial charge in [0.1, 0.15) is 11.5 Å². The van der Waals surface area contributed by atoms with E-state index in [-0.39, 0.29) is 11.9 Å². The molecule has 3 nitrogen and oxygen atoms in total. The molecule has 0 heterocycles.